The number of benzene rings is 1. The van der Waals surface area contributed by atoms with Crippen molar-refractivity contribution in [2.24, 2.45) is 0 Å². The molecule has 2 aromatic heterocycles. The first-order valence-corrected chi connectivity index (χ1v) is 10.7. The molecule has 1 aliphatic rings. The molecule has 1 aliphatic heterocycles. The number of hydrogen-bond acceptors (Lipinski definition) is 9. The first-order valence-electron chi connectivity index (χ1n) is 9.85. The Bertz CT molecular complexity index is 877. The second kappa shape index (κ2) is 9.62. The average Bonchev–Trinajstić information content (AvgIpc) is 3.42. The van der Waals surface area contributed by atoms with Crippen LogP contribution >= 0.6 is 11.3 Å². The van der Waals surface area contributed by atoms with Crippen LogP contribution in [0.25, 0.3) is 0 Å². The zero-order valence-electron chi connectivity index (χ0n) is 16.4. The van der Waals surface area contributed by atoms with E-state index in [-0.39, 0.29) is 6.10 Å². The number of anilines is 3. The molecule has 0 saturated carbocycles. The largest absolute Gasteiger partial charge is 0.372 e. The van der Waals surface area contributed by atoms with Crippen LogP contribution in [0.5, 0.6) is 0 Å². The highest BCUT2D eigenvalue weighted by Crippen LogP contribution is 2.25. The van der Waals surface area contributed by atoms with Crippen molar-refractivity contribution in [2.75, 3.05) is 41.8 Å². The summed E-state index contributed by atoms with van der Waals surface area (Å²) in [6.07, 6.45) is 2.70. The Morgan fingerprint density at radius 1 is 1.14 bits per heavy atom. The van der Waals surface area contributed by atoms with Crippen molar-refractivity contribution in [2.45, 2.75) is 25.5 Å². The molecule has 4 rings (SSSR count). The summed E-state index contributed by atoms with van der Waals surface area (Å²) >= 11 is 1.53. The van der Waals surface area contributed by atoms with Crippen LogP contribution < -0.4 is 15.5 Å². The molecule has 2 unspecified atom stereocenters. The minimum Gasteiger partial charge on any atom is -0.372 e. The summed E-state index contributed by atoms with van der Waals surface area (Å²) in [4.78, 5) is 2.23. The maximum absolute atomic E-state index is 5.88. The van der Waals surface area contributed by atoms with Gasteiger partial charge in [0.05, 0.1) is 6.10 Å². The van der Waals surface area contributed by atoms with E-state index in [1.165, 1.54) is 11.3 Å². The fourth-order valence-corrected chi connectivity index (χ4v) is 4.13. The van der Waals surface area contributed by atoms with E-state index >= 15 is 0 Å². The molecule has 2 atom stereocenters. The van der Waals surface area contributed by atoms with Crippen molar-refractivity contribution in [3.05, 3.63) is 54.2 Å². The van der Waals surface area contributed by atoms with Gasteiger partial charge >= 0.3 is 0 Å². The van der Waals surface area contributed by atoms with Gasteiger partial charge in [0.25, 0.3) is 0 Å². The Kier molecular flexibility index (Phi) is 6.48. The molecule has 9 heteroatoms. The van der Waals surface area contributed by atoms with Gasteiger partial charge in [-0.25, -0.2) is 0 Å². The Hall–Kier alpha value is -2.78. The monoisotopic (exact) mass is 411 g/mol. The van der Waals surface area contributed by atoms with E-state index in [4.69, 9.17) is 4.74 Å². The van der Waals surface area contributed by atoms with Crippen LogP contribution in [0.3, 0.4) is 0 Å². The fraction of sp³-hybridized carbons (Fsp3) is 0.400. The minimum atomic E-state index is -0.0168. The van der Waals surface area contributed by atoms with Crippen molar-refractivity contribution < 1.29 is 4.74 Å². The first kappa shape index (κ1) is 19.5. The van der Waals surface area contributed by atoms with Gasteiger partial charge in [0.1, 0.15) is 0 Å². The van der Waals surface area contributed by atoms with Gasteiger partial charge in [0.15, 0.2) is 5.82 Å². The van der Waals surface area contributed by atoms with Gasteiger partial charge < -0.3 is 20.3 Å². The van der Waals surface area contributed by atoms with Crippen LogP contribution in [0, 0.1) is 0 Å². The standard InChI is InChI=1S/C20H25N7OS/c1-2-28-17(15-7-4-3-5-8-15)13-21-19-25-26-20(29-19)23-16-10-12-27(14-16)18-9-6-11-22-24-18/h3-9,11,16-17H,2,10,12-14H2,1H3,(H,21,25)(H,23,26). The normalized spacial score (nSPS) is 17.3. The van der Waals surface area contributed by atoms with Crippen LogP contribution in [-0.4, -0.2) is 52.7 Å². The highest BCUT2D eigenvalue weighted by atomic mass is 32.1. The van der Waals surface area contributed by atoms with Crippen LogP contribution in [0.1, 0.15) is 25.0 Å². The zero-order chi connectivity index (χ0) is 19.9. The molecular formula is C20H25N7OS. The second-order valence-electron chi connectivity index (χ2n) is 6.81. The Morgan fingerprint density at radius 3 is 2.79 bits per heavy atom. The summed E-state index contributed by atoms with van der Waals surface area (Å²) in [6.45, 7) is 5.15. The number of ether oxygens (including phenoxy) is 1. The van der Waals surface area contributed by atoms with Crippen molar-refractivity contribution in [1.29, 1.82) is 0 Å². The Balaban J connectivity index is 1.29. The maximum atomic E-state index is 5.88. The van der Waals surface area contributed by atoms with E-state index in [1.54, 1.807) is 6.20 Å². The summed E-state index contributed by atoms with van der Waals surface area (Å²) in [6, 6.07) is 14.5. The Labute approximate surface area is 174 Å². The van der Waals surface area contributed by atoms with E-state index in [0.717, 1.165) is 41.2 Å². The summed E-state index contributed by atoms with van der Waals surface area (Å²) in [5, 5.41) is 25.2. The van der Waals surface area contributed by atoms with E-state index < -0.39 is 0 Å². The smallest absolute Gasteiger partial charge is 0.207 e. The lowest BCUT2D eigenvalue weighted by Gasteiger charge is -2.17. The highest BCUT2D eigenvalue weighted by Gasteiger charge is 2.24. The lowest BCUT2D eigenvalue weighted by Crippen LogP contribution is -2.26. The van der Waals surface area contributed by atoms with E-state index in [9.17, 15) is 0 Å². The third kappa shape index (κ3) is 5.18. The molecule has 29 heavy (non-hydrogen) atoms. The zero-order valence-corrected chi connectivity index (χ0v) is 17.2. The van der Waals surface area contributed by atoms with E-state index in [2.05, 4.69) is 48.1 Å². The number of hydrogen-bond donors (Lipinski definition) is 2. The van der Waals surface area contributed by atoms with Gasteiger partial charge in [0.2, 0.25) is 10.3 Å². The molecule has 3 aromatic rings. The molecule has 152 valence electrons. The molecule has 0 bridgehead atoms. The SMILES string of the molecule is CCOC(CNc1nnc(NC2CCN(c3cccnn3)C2)s1)c1ccccc1. The molecule has 0 amide bonds. The van der Waals surface area contributed by atoms with Gasteiger partial charge in [0, 0.05) is 38.5 Å². The second-order valence-corrected chi connectivity index (χ2v) is 7.78. The molecular weight excluding hydrogens is 386 g/mol. The van der Waals surface area contributed by atoms with Crippen LogP contribution in [0.2, 0.25) is 0 Å². The highest BCUT2D eigenvalue weighted by molar-refractivity contribution is 7.19. The maximum Gasteiger partial charge on any atom is 0.207 e. The molecule has 0 aliphatic carbocycles. The summed E-state index contributed by atoms with van der Waals surface area (Å²) in [5.74, 6) is 0.916. The topological polar surface area (TPSA) is 88.1 Å². The van der Waals surface area contributed by atoms with Gasteiger partial charge in [-0.15, -0.1) is 15.3 Å². The minimum absolute atomic E-state index is 0.0168. The quantitative estimate of drug-likeness (QED) is 0.555. The molecule has 1 saturated heterocycles. The summed E-state index contributed by atoms with van der Waals surface area (Å²) in [5.41, 5.74) is 1.15. The average molecular weight is 412 g/mol. The van der Waals surface area contributed by atoms with Gasteiger partial charge in [-0.1, -0.05) is 41.7 Å². The summed E-state index contributed by atoms with van der Waals surface area (Å²) < 4.78 is 5.88. The number of aromatic nitrogens is 4. The number of nitrogens with zero attached hydrogens (tertiary/aromatic N) is 5. The molecule has 8 nitrogen and oxygen atoms in total. The van der Waals surface area contributed by atoms with Crippen molar-refractivity contribution in [1.82, 2.24) is 20.4 Å². The number of nitrogens with one attached hydrogen (secondary N) is 2. The predicted molar refractivity (Wildman–Crippen MR) is 115 cm³/mol. The third-order valence-corrected chi connectivity index (χ3v) is 5.61. The van der Waals surface area contributed by atoms with E-state index in [0.29, 0.717) is 19.2 Å². The van der Waals surface area contributed by atoms with Crippen molar-refractivity contribution >= 4 is 27.4 Å². The molecule has 0 spiro atoms. The number of rotatable bonds is 9. The fourth-order valence-electron chi connectivity index (χ4n) is 3.40. The molecule has 2 N–H and O–H groups in total. The van der Waals surface area contributed by atoms with Gasteiger partial charge in [-0.3, -0.25) is 0 Å². The third-order valence-electron chi connectivity index (χ3n) is 4.80. The molecule has 1 aromatic carbocycles. The first-order chi connectivity index (χ1) is 14.3. The van der Waals surface area contributed by atoms with Gasteiger partial charge in [-0.05, 0) is 31.0 Å². The van der Waals surface area contributed by atoms with Crippen LogP contribution in [-0.2, 0) is 4.74 Å². The lowest BCUT2D eigenvalue weighted by atomic mass is 10.1. The Morgan fingerprint density at radius 2 is 2.00 bits per heavy atom. The molecule has 1 fully saturated rings. The van der Waals surface area contributed by atoms with E-state index in [1.807, 2.05) is 37.3 Å². The van der Waals surface area contributed by atoms with Crippen molar-refractivity contribution in [3.8, 4) is 0 Å². The van der Waals surface area contributed by atoms with Crippen molar-refractivity contribution in [3.63, 3.8) is 0 Å². The molecule has 3 heterocycles. The summed E-state index contributed by atoms with van der Waals surface area (Å²) in [7, 11) is 0. The van der Waals surface area contributed by atoms with Crippen LogP contribution in [0.15, 0.2) is 48.7 Å². The molecule has 0 radical (unpaired) electrons. The van der Waals surface area contributed by atoms with Crippen LogP contribution in [0.4, 0.5) is 16.1 Å². The van der Waals surface area contributed by atoms with Gasteiger partial charge in [-0.2, -0.15) is 5.10 Å². The predicted octanol–water partition coefficient (Wildman–Crippen LogP) is 3.21. The lowest BCUT2D eigenvalue weighted by molar-refractivity contribution is 0.0719.